The standard InChI is InChI=1S/C18H44O8Si3.2C2H6/c1-17(19)15-23-11-9-13-28(7,21-3)25-27(5,6)26-29(8,22-4)14-10-12-24-16-18(2)20;2*1-2/h17-20H,9-16H2,1-8H3;2*1-2H3. The second kappa shape index (κ2) is 21.6. The first kappa shape index (κ1) is 37.9. The average Bonchev–Trinajstić information content (AvgIpc) is 2.75. The van der Waals surface area contributed by atoms with E-state index in [0.29, 0.717) is 26.4 Å². The minimum absolute atomic E-state index is 0.341. The Hall–Kier alpha value is 0.331. The van der Waals surface area contributed by atoms with Gasteiger partial charge in [0.1, 0.15) is 0 Å². The molecule has 4 atom stereocenters. The first-order chi connectivity index (χ1) is 15.4. The van der Waals surface area contributed by atoms with E-state index >= 15 is 0 Å². The molecule has 11 heteroatoms. The van der Waals surface area contributed by atoms with Gasteiger partial charge in [0.2, 0.25) is 0 Å². The van der Waals surface area contributed by atoms with Gasteiger partial charge in [-0.05, 0) is 65.0 Å². The summed E-state index contributed by atoms with van der Waals surface area (Å²) in [6, 6.07) is 1.59. The molecular weight excluding hydrogens is 476 g/mol. The van der Waals surface area contributed by atoms with Crippen molar-refractivity contribution in [3.63, 3.8) is 0 Å². The molecule has 0 amide bonds. The highest BCUT2D eigenvalue weighted by Gasteiger charge is 2.44. The number of aliphatic hydroxyl groups is 2. The lowest BCUT2D eigenvalue weighted by Crippen LogP contribution is -2.56. The van der Waals surface area contributed by atoms with Gasteiger partial charge in [0.15, 0.2) is 0 Å². The van der Waals surface area contributed by atoms with Crippen LogP contribution in [0.3, 0.4) is 0 Å². The molecule has 0 aromatic carbocycles. The largest absolute Gasteiger partial charge is 0.415 e. The van der Waals surface area contributed by atoms with E-state index in [4.69, 9.17) is 26.6 Å². The third-order valence-corrected chi connectivity index (χ3v) is 16.0. The molecule has 33 heavy (non-hydrogen) atoms. The van der Waals surface area contributed by atoms with Gasteiger partial charge in [-0.3, -0.25) is 0 Å². The van der Waals surface area contributed by atoms with Crippen LogP contribution in [0.25, 0.3) is 0 Å². The normalized spacial score (nSPS) is 16.9. The molecule has 0 rings (SSSR count). The molecule has 0 bridgehead atoms. The van der Waals surface area contributed by atoms with Crippen molar-refractivity contribution in [3.05, 3.63) is 0 Å². The predicted molar refractivity (Wildman–Crippen MR) is 143 cm³/mol. The van der Waals surface area contributed by atoms with E-state index in [1.165, 1.54) is 0 Å². The minimum Gasteiger partial charge on any atom is -0.415 e. The van der Waals surface area contributed by atoms with E-state index < -0.39 is 37.9 Å². The van der Waals surface area contributed by atoms with Crippen molar-refractivity contribution < 1.29 is 36.8 Å². The maximum absolute atomic E-state index is 9.25. The van der Waals surface area contributed by atoms with Crippen LogP contribution in [0.2, 0.25) is 38.3 Å². The predicted octanol–water partition coefficient (Wildman–Crippen LogP) is 4.79. The van der Waals surface area contributed by atoms with Gasteiger partial charge < -0.3 is 36.8 Å². The number of hydrogen-bond acceptors (Lipinski definition) is 8. The van der Waals surface area contributed by atoms with Crippen molar-refractivity contribution >= 4 is 25.7 Å². The van der Waals surface area contributed by atoms with Crippen molar-refractivity contribution in [2.45, 2.75) is 105 Å². The molecule has 0 spiro atoms. The van der Waals surface area contributed by atoms with Gasteiger partial charge in [0, 0.05) is 27.4 Å². The lowest BCUT2D eigenvalue weighted by Gasteiger charge is -2.39. The fraction of sp³-hybridized carbons (Fsp3) is 1.00. The Labute approximate surface area is 208 Å². The van der Waals surface area contributed by atoms with Gasteiger partial charge in [0.05, 0.1) is 25.4 Å². The van der Waals surface area contributed by atoms with Crippen molar-refractivity contribution in [2.24, 2.45) is 0 Å². The van der Waals surface area contributed by atoms with E-state index in [9.17, 15) is 10.2 Å². The molecule has 2 N–H and O–H groups in total. The Balaban J connectivity index is -0.00000212. The Morgan fingerprint density at radius 2 is 0.939 bits per heavy atom. The van der Waals surface area contributed by atoms with E-state index in [0.717, 1.165) is 24.9 Å². The maximum Gasteiger partial charge on any atom is 0.325 e. The van der Waals surface area contributed by atoms with Gasteiger partial charge in [-0.2, -0.15) is 0 Å². The highest BCUT2D eigenvalue weighted by atomic mass is 28.5. The third-order valence-electron chi connectivity index (χ3n) is 4.34. The summed E-state index contributed by atoms with van der Waals surface area (Å²) in [4.78, 5) is 0. The molecule has 0 radical (unpaired) electrons. The van der Waals surface area contributed by atoms with Crippen LogP contribution < -0.4 is 0 Å². The molecular formula is C22H56O8Si3. The van der Waals surface area contributed by atoms with Crippen molar-refractivity contribution in [2.75, 3.05) is 40.6 Å². The average molecular weight is 533 g/mol. The van der Waals surface area contributed by atoms with Crippen LogP contribution in [0, 0.1) is 0 Å². The lowest BCUT2D eigenvalue weighted by atomic mass is 10.4. The van der Waals surface area contributed by atoms with Crippen LogP contribution in [-0.4, -0.2) is 88.8 Å². The van der Waals surface area contributed by atoms with Crippen LogP contribution in [0.15, 0.2) is 0 Å². The second-order valence-corrected chi connectivity index (χ2v) is 19.1. The van der Waals surface area contributed by atoms with Crippen LogP contribution in [-0.2, 0) is 26.6 Å². The van der Waals surface area contributed by atoms with Crippen molar-refractivity contribution in [3.8, 4) is 0 Å². The van der Waals surface area contributed by atoms with Gasteiger partial charge in [-0.25, -0.2) is 0 Å². The highest BCUT2D eigenvalue weighted by molar-refractivity contribution is 6.85. The third kappa shape index (κ3) is 22.5. The van der Waals surface area contributed by atoms with Gasteiger partial charge in [0.25, 0.3) is 0 Å². The van der Waals surface area contributed by atoms with E-state index in [1.807, 2.05) is 40.8 Å². The summed E-state index contributed by atoms with van der Waals surface area (Å²) >= 11 is 0. The molecule has 0 aliphatic heterocycles. The summed E-state index contributed by atoms with van der Waals surface area (Å²) in [5, 5.41) is 18.5. The van der Waals surface area contributed by atoms with E-state index in [2.05, 4.69) is 13.1 Å². The SMILES string of the molecule is CC.CC.CO[Si](C)(CCCOCC(C)O)O[Si](C)(C)O[Si](C)(CCCOCC(C)O)OC. The number of hydrogen-bond donors (Lipinski definition) is 2. The Morgan fingerprint density at radius 3 is 1.18 bits per heavy atom. The first-order valence-electron chi connectivity index (χ1n) is 12.4. The molecule has 8 nitrogen and oxygen atoms in total. The second-order valence-electron chi connectivity index (χ2n) is 8.33. The van der Waals surface area contributed by atoms with Crippen LogP contribution in [0.4, 0.5) is 0 Å². The number of rotatable bonds is 18. The smallest absolute Gasteiger partial charge is 0.325 e. The van der Waals surface area contributed by atoms with E-state index in [1.54, 1.807) is 28.1 Å². The monoisotopic (exact) mass is 532 g/mol. The molecule has 0 saturated heterocycles. The lowest BCUT2D eigenvalue weighted by molar-refractivity contribution is 0.0458. The molecule has 0 aromatic rings. The summed E-state index contributed by atoms with van der Waals surface area (Å²) in [5.41, 5.74) is 0. The zero-order valence-corrected chi connectivity index (χ0v) is 26.7. The number of aliphatic hydroxyl groups excluding tert-OH is 2. The van der Waals surface area contributed by atoms with Crippen LogP contribution in [0.1, 0.15) is 54.4 Å². The zero-order valence-electron chi connectivity index (χ0n) is 23.7. The van der Waals surface area contributed by atoms with E-state index in [-0.39, 0.29) is 0 Å². The molecule has 0 aromatic heterocycles. The van der Waals surface area contributed by atoms with Gasteiger partial charge >= 0.3 is 25.7 Å². The molecule has 0 heterocycles. The fourth-order valence-electron chi connectivity index (χ4n) is 2.95. The minimum atomic E-state index is -2.48. The molecule has 0 aliphatic rings. The molecule has 0 fully saturated rings. The number of ether oxygens (including phenoxy) is 2. The quantitative estimate of drug-likeness (QED) is 0.192. The fourth-order valence-corrected chi connectivity index (χ4v) is 15.3. The molecule has 204 valence electrons. The topological polar surface area (TPSA) is 95.8 Å². The highest BCUT2D eigenvalue weighted by Crippen LogP contribution is 2.26. The molecule has 4 unspecified atom stereocenters. The van der Waals surface area contributed by atoms with Crippen molar-refractivity contribution in [1.29, 1.82) is 0 Å². The molecule has 0 saturated carbocycles. The summed E-state index contributed by atoms with van der Waals surface area (Å²) in [6.45, 7) is 21.4. The Morgan fingerprint density at radius 1 is 0.636 bits per heavy atom. The Kier molecular flexibility index (Phi) is 24.8. The zero-order chi connectivity index (χ0) is 26.6. The molecule has 0 aliphatic carbocycles. The van der Waals surface area contributed by atoms with Crippen LogP contribution >= 0.6 is 0 Å². The summed E-state index contributed by atoms with van der Waals surface area (Å²) in [5.74, 6) is 0. The summed E-state index contributed by atoms with van der Waals surface area (Å²) < 4.78 is 35.4. The maximum atomic E-state index is 9.25. The van der Waals surface area contributed by atoms with Gasteiger partial charge in [-0.15, -0.1) is 0 Å². The summed E-state index contributed by atoms with van der Waals surface area (Å²) in [7, 11) is -3.88. The first-order valence-corrected chi connectivity index (χ1v) is 20.3. The Bertz CT molecular complexity index is 394. The summed E-state index contributed by atoms with van der Waals surface area (Å²) in [6.07, 6.45) is 0.720. The van der Waals surface area contributed by atoms with Crippen LogP contribution in [0.5, 0.6) is 0 Å². The van der Waals surface area contributed by atoms with Crippen molar-refractivity contribution in [1.82, 2.24) is 0 Å². The van der Waals surface area contributed by atoms with Gasteiger partial charge in [-0.1, -0.05) is 27.7 Å².